The van der Waals surface area contributed by atoms with Crippen molar-refractivity contribution < 1.29 is 33.2 Å². The molecule has 0 unspecified atom stereocenters. The second-order valence-electron chi connectivity index (χ2n) is 13.9. The Balaban J connectivity index is 1.39. The smallest absolute Gasteiger partial charge is 0.408 e. The van der Waals surface area contributed by atoms with Crippen molar-refractivity contribution in [1.29, 1.82) is 0 Å². The molecule has 278 valence electrons. The van der Waals surface area contributed by atoms with E-state index >= 15 is 0 Å². The molecule has 0 spiro atoms. The van der Waals surface area contributed by atoms with Crippen LogP contribution in [-0.4, -0.2) is 53.8 Å². The van der Waals surface area contributed by atoms with E-state index in [1.165, 1.54) is 11.3 Å². The lowest BCUT2D eigenvalue weighted by atomic mass is 9.90. The molecule has 6 atom stereocenters. The van der Waals surface area contributed by atoms with Gasteiger partial charge >= 0.3 is 6.09 Å². The zero-order valence-electron chi connectivity index (χ0n) is 30.4. The van der Waals surface area contributed by atoms with E-state index in [9.17, 15) is 4.79 Å². The topological polar surface area (TPSA) is 97.4 Å². The van der Waals surface area contributed by atoms with Crippen LogP contribution < -0.4 is 5.32 Å². The number of aromatic nitrogens is 1. The molecule has 1 fully saturated rings. The molecule has 1 aliphatic rings. The Kier molecular flexibility index (Phi) is 13.8. The maximum absolute atomic E-state index is 13.5. The molecule has 1 amide bonds. The number of carbonyl (C=O) groups excluding carboxylic acids is 1. The van der Waals surface area contributed by atoms with Gasteiger partial charge in [-0.05, 0) is 43.0 Å². The Morgan fingerprint density at radius 3 is 1.64 bits per heavy atom. The average Bonchev–Trinajstić information content (AvgIpc) is 3.71. The Hall–Kier alpha value is -4.42. The maximum Gasteiger partial charge on any atom is 0.408 e. The first-order valence-corrected chi connectivity index (χ1v) is 18.8. The number of carbonyl (C=O) groups is 1. The van der Waals surface area contributed by atoms with E-state index in [-0.39, 0.29) is 13.2 Å². The van der Waals surface area contributed by atoms with Gasteiger partial charge in [0, 0.05) is 11.6 Å². The summed E-state index contributed by atoms with van der Waals surface area (Å²) < 4.78 is 39.7. The van der Waals surface area contributed by atoms with Crippen molar-refractivity contribution in [3.8, 4) is 0 Å². The first-order valence-electron chi connectivity index (χ1n) is 17.9. The zero-order valence-corrected chi connectivity index (χ0v) is 31.2. The molecule has 5 aromatic rings. The summed E-state index contributed by atoms with van der Waals surface area (Å²) >= 11 is 1.42. The molecular formula is C43H48N2O7S. The normalized spacial score (nSPS) is 20.8. The summed E-state index contributed by atoms with van der Waals surface area (Å²) in [6.45, 7) is 6.95. The number of nitrogens with zero attached hydrogens (tertiary/aromatic N) is 1. The van der Waals surface area contributed by atoms with E-state index < -0.39 is 48.3 Å². The monoisotopic (exact) mass is 736 g/mol. The molecule has 0 radical (unpaired) electrons. The van der Waals surface area contributed by atoms with Crippen molar-refractivity contribution in [2.24, 2.45) is 0 Å². The molecule has 1 N–H and O–H groups in total. The van der Waals surface area contributed by atoms with Crippen LogP contribution in [0.4, 0.5) is 4.79 Å². The first-order chi connectivity index (χ1) is 25.8. The number of rotatable bonds is 16. The molecule has 4 aromatic carbocycles. The van der Waals surface area contributed by atoms with Crippen molar-refractivity contribution in [2.75, 3.05) is 6.61 Å². The summed E-state index contributed by atoms with van der Waals surface area (Å²) in [5.74, 6) is 0. The third kappa shape index (κ3) is 11.5. The van der Waals surface area contributed by atoms with Gasteiger partial charge in [0.25, 0.3) is 0 Å². The summed E-state index contributed by atoms with van der Waals surface area (Å²) in [7, 11) is 0. The van der Waals surface area contributed by atoms with Crippen LogP contribution in [0, 0.1) is 0 Å². The molecule has 53 heavy (non-hydrogen) atoms. The molecule has 0 bridgehead atoms. The minimum Gasteiger partial charge on any atom is -0.444 e. The van der Waals surface area contributed by atoms with Crippen LogP contribution in [0.5, 0.6) is 0 Å². The maximum atomic E-state index is 13.5. The van der Waals surface area contributed by atoms with E-state index in [0.29, 0.717) is 24.8 Å². The van der Waals surface area contributed by atoms with Gasteiger partial charge in [-0.15, -0.1) is 11.3 Å². The Morgan fingerprint density at radius 1 is 0.698 bits per heavy atom. The Morgan fingerprint density at radius 2 is 1.17 bits per heavy atom. The van der Waals surface area contributed by atoms with Gasteiger partial charge in [-0.25, -0.2) is 9.78 Å². The Bertz CT molecular complexity index is 1770. The van der Waals surface area contributed by atoms with Crippen LogP contribution in [0.2, 0.25) is 0 Å². The van der Waals surface area contributed by atoms with E-state index in [1.54, 1.807) is 6.20 Å². The second kappa shape index (κ2) is 19.1. The summed E-state index contributed by atoms with van der Waals surface area (Å²) in [6, 6.07) is 39.2. The number of hydrogen-bond acceptors (Lipinski definition) is 9. The van der Waals surface area contributed by atoms with Gasteiger partial charge in [-0.1, -0.05) is 121 Å². The van der Waals surface area contributed by atoms with Crippen molar-refractivity contribution in [3.63, 3.8) is 0 Å². The van der Waals surface area contributed by atoms with Gasteiger partial charge in [0.15, 0.2) is 0 Å². The number of benzene rings is 4. The fourth-order valence-electron chi connectivity index (χ4n) is 6.20. The quantitative estimate of drug-likeness (QED) is 0.108. The largest absolute Gasteiger partial charge is 0.444 e. The van der Waals surface area contributed by atoms with Crippen LogP contribution in [0.25, 0.3) is 0 Å². The van der Waals surface area contributed by atoms with E-state index in [2.05, 4.69) is 10.3 Å². The van der Waals surface area contributed by atoms with Crippen LogP contribution in [-0.2, 0) is 54.8 Å². The van der Waals surface area contributed by atoms with Gasteiger partial charge in [-0.2, -0.15) is 0 Å². The highest BCUT2D eigenvalue weighted by molar-refractivity contribution is 7.09. The molecule has 0 saturated carbocycles. The summed E-state index contributed by atoms with van der Waals surface area (Å²) in [6.07, 6.45) is -2.28. The molecule has 1 aromatic heterocycles. The number of thiazole rings is 1. The van der Waals surface area contributed by atoms with E-state index in [0.717, 1.165) is 22.3 Å². The number of nitrogens with one attached hydrogen (secondary N) is 1. The summed E-state index contributed by atoms with van der Waals surface area (Å²) in [4.78, 5) is 18.1. The molecule has 9 nitrogen and oxygen atoms in total. The van der Waals surface area contributed by atoms with E-state index in [4.69, 9.17) is 28.4 Å². The van der Waals surface area contributed by atoms with Gasteiger partial charge < -0.3 is 33.7 Å². The van der Waals surface area contributed by atoms with Gasteiger partial charge in [0.2, 0.25) is 0 Å². The second-order valence-corrected chi connectivity index (χ2v) is 14.8. The minimum absolute atomic E-state index is 0.193. The lowest BCUT2D eigenvalue weighted by Gasteiger charge is -2.48. The minimum atomic E-state index is -0.778. The molecule has 10 heteroatoms. The van der Waals surface area contributed by atoms with Crippen molar-refractivity contribution in [2.45, 2.75) is 89.4 Å². The molecule has 2 heterocycles. The third-order valence-corrected chi connectivity index (χ3v) is 9.50. The van der Waals surface area contributed by atoms with Crippen LogP contribution >= 0.6 is 11.3 Å². The summed E-state index contributed by atoms with van der Waals surface area (Å²) in [5, 5.41) is 5.60. The van der Waals surface area contributed by atoms with E-state index in [1.807, 2.05) is 147 Å². The number of amides is 1. The highest BCUT2D eigenvalue weighted by Gasteiger charge is 2.52. The number of alkyl carbamates (subject to hydrolysis) is 1. The standard InChI is InChI=1S/C43H48N2O7S/c1-43(2,3)52-42(46)45-36(41-44-24-25-53-41)38-40(50-29-34-22-14-7-15-23-34)39(49-28-33-20-12-6-13-21-33)37(48-27-32-18-10-5-11-19-32)35(51-38)30-47-26-31-16-8-4-9-17-31/h4-25,35-40H,26-30H2,1-3H3,(H,45,46)/t35-,36-,37+,38+,39+,40+/m1/s1. The fourth-order valence-corrected chi connectivity index (χ4v) is 6.92. The predicted octanol–water partition coefficient (Wildman–Crippen LogP) is 8.45. The van der Waals surface area contributed by atoms with Crippen molar-refractivity contribution in [3.05, 3.63) is 160 Å². The van der Waals surface area contributed by atoms with Crippen LogP contribution in [0.1, 0.15) is 54.1 Å². The first kappa shape index (κ1) is 38.3. The Labute approximate surface area is 316 Å². The zero-order chi connectivity index (χ0) is 36.9. The highest BCUT2D eigenvalue weighted by Crippen LogP contribution is 2.37. The highest BCUT2D eigenvalue weighted by atomic mass is 32.1. The van der Waals surface area contributed by atoms with Gasteiger partial charge in [0.1, 0.15) is 47.2 Å². The average molecular weight is 737 g/mol. The number of ether oxygens (including phenoxy) is 6. The molecule has 0 aliphatic carbocycles. The summed E-state index contributed by atoms with van der Waals surface area (Å²) in [5.41, 5.74) is 3.30. The molecular weight excluding hydrogens is 689 g/mol. The van der Waals surface area contributed by atoms with Gasteiger partial charge in [0.05, 0.1) is 33.0 Å². The van der Waals surface area contributed by atoms with Crippen LogP contribution in [0.3, 0.4) is 0 Å². The van der Waals surface area contributed by atoms with Crippen molar-refractivity contribution >= 4 is 17.4 Å². The van der Waals surface area contributed by atoms with Gasteiger partial charge in [-0.3, -0.25) is 0 Å². The lowest BCUT2D eigenvalue weighted by Crippen LogP contribution is -2.64. The fraction of sp³-hybridized carbons (Fsp3) is 0.349. The SMILES string of the molecule is CC(C)(C)OC(=O)N[C@@H](c1nccs1)[C@@H]1O[C@H](COCc2ccccc2)[C@H](OCc2ccccc2)[C@H](OCc2ccccc2)[C@H]1OCc1ccccc1. The lowest BCUT2D eigenvalue weighted by molar-refractivity contribution is -0.277. The van der Waals surface area contributed by atoms with Crippen molar-refractivity contribution in [1.82, 2.24) is 10.3 Å². The molecule has 6 rings (SSSR count). The van der Waals surface area contributed by atoms with Crippen LogP contribution in [0.15, 0.2) is 133 Å². The molecule has 1 saturated heterocycles. The third-order valence-electron chi connectivity index (χ3n) is 8.64. The number of hydrogen-bond donors (Lipinski definition) is 1. The predicted molar refractivity (Wildman–Crippen MR) is 204 cm³/mol. The molecule has 1 aliphatic heterocycles.